The first kappa shape index (κ1) is 29.4. The molecule has 2 fully saturated rings. The first-order valence-corrected chi connectivity index (χ1v) is 13.0. The number of nitrogen functional groups attached to an aromatic ring is 1. The summed E-state index contributed by atoms with van der Waals surface area (Å²) in [6.07, 6.45) is -9.64. The molecule has 0 aliphatic carbocycles. The lowest BCUT2D eigenvalue weighted by atomic mass is 9.76. The molecule has 2 aromatic heterocycles. The molecule has 2 aliphatic rings. The number of halogens is 6. The Balaban J connectivity index is 1.44. The van der Waals surface area contributed by atoms with Crippen molar-refractivity contribution in [3.8, 4) is 11.6 Å². The van der Waals surface area contributed by atoms with E-state index in [-0.39, 0.29) is 17.2 Å². The fourth-order valence-corrected chi connectivity index (χ4v) is 5.45. The highest BCUT2D eigenvalue weighted by Gasteiger charge is 2.46. The van der Waals surface area contributed by atoms with Gasteiger partial charge < -0.3 is 25.8 Å². The summed E-state index contributed by atoms with van der Waals surface area (Å²) in [4.78, 5) is 21.1. The van der Waals surface area contributed by atoms with Crippen molar-refractivity contribution in [1.82, 2.24) is 25.1 Å². The first-order valence-electron chi connectivity index (χ1n) is 13.0. The van der Waals surface area contributed by atoms with E-state index in [9.17, 15) is 36.2 Å². The number of aryl methyl sites for hydroxylation is 1. The number of carboxylic acids is 1. The fraction of sp³-hybridized carbons (Fsp3) is 0.462. The van der Waals surface area contributed by atoms with Gasteiger partial charge in [-0.25, -0.2) is 4.68 Å². The van der Waals surface area contributed by atoms with E-state index in [0.717, 1.165) is 4.68 Å². The molecule has 5 rings (SSSR count). The van der Waals surface area contributed by atoms with Gasteiger partial charge >= 0.3 is 18.3 Å². The lowest BCUT2D eigenvalue weighted by molar-refractivity contribution is -0.198. The summed E-state index contributed by atoms with van der Waals surface area (Å²) in [5, 5.41) is 16.3. The third-order valence-electron chi connectivity index (χ3n) is 7.66. The van der Waals surface area contributed by atoms with Crippen LogP contribution in [0.4, 0.5) is 38.1 Å². The molecule has 10 nitrogen and oxygen atoms in total. The van der Waals surface area contributed by atoms with Crippen LogP contribution in [0, 0.1) is 12.3 Å². The first-order chi connectivity index (χ1) is 19.6. The van der Waals surface area contributed by atoms with Crippen LogP contribution in [0.2, 0.25) is 0 Å². The quantitative estimate of drug-likeness (QED) is 0.355. The monoisotopic (exact) mass is 599 g/mol. The average Bonchev–Trinajstić information content (AvgIpc) is 3.52. The molecule has 0 radical (unpaired) electrons. The van der Waals surface area contributed by atoms with Crippen LogP contribution in [0.3, 0.4) is 0 Å². The number of carbonyl (C=O) groups is 1. The van der Waals surface area contributed by atoms with E-state index in [1.54, 1.807) is 11.8 Å². The van der Waals surface area contributed by atoms with Crippen LogP contribution < -0.4 is 20.7 Å². The number of hydrogen-bond acceptors (Lipinski definition) is 8. The maximum atomic E-state index is 14.4. The van der Waals surface area contributed by atoms with Crippen LogP contribution in [0.1, 0.15) is 42.2 Å². The Morgan fingerprint density at radius 2 is 1.86 bits per heavy atom. The van der Waals surface area contributed by atoms with Crippen molar-refractivity contribution in [2.75, 3.05) is 30.3 Å². The number of nitrogens with one attached hydrogen (secondary N) is 1. The molecule has 0 unspecified atom stereocenters. The van der Waals surface area contributed by atoms with Crippen LogP contribution in [0.15, 0.2) is 36.5 Å². The molecule has 4 N–H and O–H groups in total. The van der Waals surface area contributed by atoms with Gasteiger partial charge in [0.1, 0.15) is 11.9 Å². The maximum Gasteiger partial charge on any atom is 0.429 e. The summed E-state index contributed by atoms with van der Waals surface area (Å²) < 4.78 is 90.0. The number of rotatable bonds is 6. The van der Waals surface area contributed by atoms with Crippen molar-refractivity contribution in [1.29, 1.82) is 0 Å². The molecular weight excluding hydrogens is 572 g/mol. The summed E-state index contributed by atoms with van der Waals surface area (Å²) in [6, 6.07) is 3.85. The predicted octanol–water partition coefficient (Wildman–Crippen LogP) is 4.29. The zero-order valence-corrected chi connectivity index (χ0v) is 22.2. The van der Waals surface area contributed by atoms with Gasteiger partial charge in [-0.05, 0) is 49.8 Å². The van der Waals surface area contributed by atoms with Crippen LogP contribution in [-0.4, -0.2) is 62.7 Å². The summed E-state index contributed by atoms with van der Waals surface area (Å²) in [5.41, 5.74) is 3.75. The van der Waals surface area contributed by atoms with Crippen molar-refractivity contribution < 1.29 is 41.0 Å². The zero-order valence-electron chi connectivity index (χ0n) is 22.2. The Kier molecular flexibility index (Phi) is 7.45. The van der Waals surface area contributed by atoms with Gasteiger partial charge in [0.05, 0.1) is 16.9 Å². The smallest absolute Gasteiger partial charge is 0.429 e. The number of carboxylic acid groups (broad SMARTS) is 1. The Morgan fingerprint density at radius 3 is 2.43 bits per heavy atom. The number of ether oxygens (including phenoxy) is 1. The normalized spacial score (nSPS) is 19.7. The Hall–Kier alpha value is -4.08. The highest BCUT2D eigenvalue weighted by molar-refractivity contribution is 5.74. The zero-order chi connectivity index (χ0) is 30.4. The van der Waals surface area contributed by atoms with E-state index < -0.39 is 53.2 Å². The second-order valence-corrected chi connectivity index (χ2v) is 10.6. The molecule has 1 spiro atoms. The van der Waals surface area contributed by atoms with E-state index in [0.29, 0.717) is 62.8 Å². The predicted molar refractivity (Wildman–Crippen MR) is 137 cm³/mol. The van der Waals surface area contributed by atoms with Crippen molar-refractivity contribution in [3.05, 3.63) is 53.3 Å². The number of aromatic nitrogens is 4. The summed E-state index contributed by atoms with van der Waals surface area (Å²) in [6.45, 7) is 2.96. The molecule has 3 aromatic rings. The summed E-state index contributed by atoms with van der Waals surface area (Å²) in [5.74, 6) is -1.58. The van der Waals surface area contributed by atoms with E-state index in [2.05, 4.69) is 20.4 Å². The van der Waals surface area contributed by atoms with Gasteiger partial charge in [0.15, 0.2) is 0 Å². The highest BCUT2D eigenvalue weighted by Crippen LogP contribution is 2.43. The van der Waals surface area contributed by atoms with Gasteiger partial charge in [-0.2, -0.15) is 41.4 Å². The largest absolute Gasteiger partial charge is 0.480 e. The van der Waals surface area contributed by atoms with Crippen LogP contribution in [0.5, 0.6) is 5.88 Å². The summed E-state index contributed by atoms with van der Waals surface area (Å²) in [7, 11) is 0. The molecule has 2 saturated heterocycles. The maximum absolute atomic E-state index is 14.4. The van der Waals surface area contributed by atoms with Gasteiger partial charge in [0.25, 0.3) is 0 Å². The lowest BCUT2D eigenvalue weighted by Crippen LogP contribution is -2.41. The number of benzene rings is 1. The van der Waals surface area contributed by atoms with E-state index in [1.807, 2.05) is 0 Å². The Morgan fingerprint density at radius 1 is 1.14 bits per heavy atom. The molecule has 0 saturated carbocycles. The molecule has 42 heavy (non-hydrogen) atoms. The second kappa shape index (κ2) is 10.6. The van der Waals surface area contributed by atoms with Crippen LogP contribution >= 0.6 is 0 Å². The van der Waals surface area contributed by atoms with E-state index in [1.165, 1.54) is 18.3 Å². The SMILES string of the molecule is Cc1ccn(-c2cc(C(F)(F)F)ccc2[C@@H](Oc2cc(N3CCC4(CC3)CN[C@H](C(=O)O)C4)nc(N)n2)C(F)(F)F)n1. The molecule has 2 aliphatic heterocycles. The van der Waals surface area contributed by atoms with Gasteiger partial charge in [0.2, 0.25) is 17.9 Å². The van der Waals surface area contributed by atoms with Crippen LogP contribution in [-0.2, 0) is 11.0 Å². The fourth-order valence-electron chi connectivity index (χ4n) is 5.45. The summed E-state index contributed by atoms with van der Waals surface area (Å²) >= 11 is 0. The minimum atomic E-state index is -5.07. The number of aliphatic carboxylic acids is 1. The van der Waals surface area contributed by atoms with E-state index in [4.69, 9.17) is 10.5 Å². The van der Waals surface area contributed by atoms with Gasteiger partial charge in [0, 0.05) is 37.5 Å². The van der Waals surface area contributed by atoms with Gasteiger partial charge in [-0.15, -0.1) is 0 Å². The van der Waals surface area contributed by atoms with Crippen molar-refractivity contribution in [2.45, 2.75) is 50.7 Å². The van der Waals surface area contributed by atoms with Crippen LogP contribution in [0.25, 0.3) is 5.69 Å². The molecule has 16 heteroatoms. The average molecular weight is 600 g/mol. The molecule has 0 bridgehead atoms. The third kappa shape index (κ3) is 6.07. The highest BCUT2D eigenvalue weighted by atomic mass is 19.4. The molecule has 4 heterocycles. The lowest BCUT2D eigenvalue weighted by Gasteiger charge is -2.39. The number of piperidine rings is 1. The molecular formula is C26H27F6N7O3. The molecule has 0 amide bonds. The number of nitrogens with two attached hydrogens (primary N) is 1. The number of anilines is 2. The Bertz CT molecular complexity index is 1470. The molecule has 2 atom stereocenters. The minimum absolute atomic E-state index is 0.212. The van der Waals surface area contributed by atoms with Gasteiger partial charge in [-0.1, -0.05) is 6.07 Å². The number of nitrogens with zero attached hydrogens (tertiary/aromatic N) is 5. The van der Waals surface area contributed by atoms with Crippen molar-refractivity contribution in [3.63, 3.8) is 0 Å². The van der Waals surface area contributed by atoms with Crippen molar-refractivity contribution >= 4 is 17.7 Å². The van der Waals surface area contributed by atoms with E-state index >= 15 is 0 Å². The molecule has 1 aromatic carbocycles. The topological polar surface area (TPSA) is 131 Å². The van der Waals surface area contributed by atoms with Crippen molar-refractivity contribution in [2.24, 2.45) is 5.41 Å². The van der Waals surface area contributed by atoms with Gasteiger partial charge in [-0.3, -0.25) is 4.79 Å². The second-order valence-electron chi connectivity index (χ2n) is 10.6. The number of alkyl halides is 6. The molecule has 226 valence electrons. The minimum Gasteiger partial charge on any atom is -0.480 e. The Labute approximate surface area is 235 Å². The third-order valence-corrected chi connectivity index (χ3v) is 7.66. The standard InChI is InChI=1S/C26H27F6N7O3/c1-14-4-7-39(37-14)18-10-15(25(27,28)29)2-3-16(18)21(26(30,31)32)42-20-11-19(35-23(33)36-20)38-8-5-24(6-9-38)12-17(22(40)41)34-13-24/h2-4,7,10-11,17,21,34H,5-6,8-9,12-13H2,1H3,(H,40,41)(H2,33,35,36)/t17-,21+/m0/s1. The number of hydrogen-bond donors (Lipinski definition) is 3.